The van der Waals surface area contributed by atoms with E-state index in [4.69, 9.17) is 9.15 Å². The normalized spacial score (nSPS) is 25.7. The average Bonchev–Trinajstić information content (AvgIpc) is 2.84. The van der Waals surface area contributed by atoms with Gasteiger partial charge in [-0.2, -0.15) is 0 Å². The standard InChI is InChI=1S/C11H13BrO3/c1-2-8-7(5-6-14-8)11(13)9-3-4-10(12)15-9/h3-4,7-8H,2,5-6H2,1H3. The molecule has 82 valence electrons. The van der Waals surface area contributed by atoms with E-state index in [0.29, 0.717) is 17.0 Å². The second-order valence-electron chi connectivity index (χ2n) is 3.68. The Labute approximate surface area is 96.9 Å². The van der Waals surface area contributed by atoms with Crippen molar-refractivity contribution >= 4 is 21.7 Å². The Morgan fingerprint density at radius 1 is 1.60 bits per heavy atom. The van der Waals surface area contributed by atoms with Gasteiger partial charge < -0.3 is 9.15 Å². The van der Waals surface area contributed by atoms with Crippen molar-refractivity contribution in [3.8, 4) is 0 Å². The number of ether oxygens (including phenoxy) is 1. The van der Waals surface area contributed by atoms with Gasteiger partial charge in [-0.15, -0.1) is 0 Å². The van der Waals surface area contributed by atoms with Crippen LogP contribution in [0.25, 0.3) is 0 Å². The molecule has 2 heterocycles. The smallest absolute Gasteiger partial charge is 0.203 e. The molecule has 0 spiro atoms. The van der Waals surface area contributed by atoms with Gasteiger partial charge in [0.25, 0.3) is 0 Å². The number of furan rings is 1. The van der Waals surface area contributed by atoms with Gasteiger partial charge in [0, 0.05) is 6.61 Å². The molecule has 1 fully saturated rings. The molecule has 1 aliphatic heterocycles. The summed E-state index contributed by atoms with van der Waals surface area (Å²) in [6.07, 6.45) is 1.73. The number of halogens is 1. The molecule has 0 amide bonds. The Kier molecular flexibility index (Phi) is 3.26. The zero-order chi connectivity index (χ0) is 10.8. The van der Waals surface area contributed by atoms with Crippen LogP contribution in [0, 0.1) is 5.92 Å². The molecule has 0 N–H and O–H groups in total. The molecule has 15 heavy (non-hydrogen) atoms. The third kappa shape index (κ3) is 2.16. The fourth-order valence-corrected chi connectivity index (χ4v) is 2.29. The lowest BCUT2D eigenvalue weighted by Crippen LogP contribution is -2.23. The van der Waals surface area contributed by atoms with Gasteiger partial charge in [0.05, 0.1) is 12.0 Å². The van der Waals surface area contributed by atoms with Crippen LogP contribution in [0.5, 0.6) is 0 Å². The Hall–Kier alpha value is -0.610. The largest absolute Gasteiger partial charge is 0.446 e. The highest BCUT2D eigenvalue weighted by atomic mass is 79.9. The van der Waals surface area contributed by atoms with Crippen molar-refractivity contribution in [3.05, 3.63) is 22.6 Å². The molecule has 2 atom stereocenters. The Bertz CT molecular complexity index is 358. The molecule has 0 aromatic carbocycles. The number of hydrogen-bond donors (Lipinski definition) is 0. The molecule has 0 saturated carbocycles. The van der Waals surface area contributed by atoms with E-state index in [1.807, 2.05) is 6.92 Å². The molecular formula is C11H13BrO3. The van der Waals surface area contributed by atoms with Crippen LogP contribution < -0.4 is 0 Å². The summed E-state index contributed by atoms with van der Waals surface area (Å²) in [5, 5.41) is 0. The van der Waals surface area contributed by atoms with E-state index < -0.39 is 0 Å². The minimum Gasteiger partial charge on any atom is -0.446 e. The summed E-state index contributed by atoms with van der Waals surface area (Å²) in [6, 6.07) is 3.45. The van der Waals surface area contributed by atoms with Crippen LogP contribution in [0.15, 0.2) is 21.2 Å². The van der Waals surface area contributed by atoms with Gasteiger partial charge >= 0.3 is 0 Å². The molecule has 0 bridgehead atoms. The van der Waals surface area contributed by atoms with E-state index in [2.05, 4.69) is 15.9 Å². The molecule has 2 rings (SSSR count). The van der Waals surface area contributed by atoms with Crippen LogP contribution >= 0.6 is 15.9 Å². The fraction of sp³-hybridized carbons (Fsp3) is 0.545. The molecule has 0 radical (unpaired) electrons. The molecule has 0 aliphatic carbocycles. The van der Waals surface area contributed by atoms with Crippen LogP contribution in [0.1, 0.15) is 30.3 Å². The van der Waals surface area contributed by atoms with Gasteiger partial charge in [-0.1, -0.05) is 6.92 Å². The van der Waals surface area contributed by atoms with E-state index in [0.717, 1.165) is 12.8 Å². The molecule has 2 unspecified atom stereocenters. The lowest BCUT2D eigenvalue weighted by Gasteiger charge is -2.13. The van der Waals surface area contributed by atoms with Crippen molar-refractivity contribution in [1.29, 1.82) is 0 Å². The molecule has 1 aliphatic rings. The van der Waals surface area contributed by atoms with Gasteiger partial charge in [0.2, 0.25) is 5.78 Å². The Morgan fingerprint density at radius 3 is 3.00 bits per heavy atom. The number of Topliss-reactive ketones (excluding diaryl/α,β-unsaturated/α-hetero) is 1. The quantitative estimate of drug-likeness (QED) is 0.794. The van der Waals surface area contributed by atoms with E-state index in [-0.39, 0.29) is 17.8 Å². The van der Waals surface area contributed by atoms with E-state index in [9.17, 15) is 4.79 Å². The first-order valence-electron chi connectivity index (χ1n) is 5.13. The van der Waals surface area contributed by atoms with E-state index >= 15 is 0 Å². The predicted octanol–water partition coefficient (Wildman–Crippen LogP) is 3.04. The lowest BCUT2D eigenvalue weighted by atomic mass is 9.93. The van der Waals surface area contributed by atoms with Gasteiger partial charge in [0.15, 0.2) is 10.4 Å². The van der Waals surface area contributed by atoms with Gasteiger partial charge in [0.1, 0.15) is 0 Å². The predicted molar refractivity (Wildman–Crippen MR) is 58.9 cm³/mol. The molecule has 4 heteroatoms. The second kappa shape index (κ2) is 4.49. The van der Waals surface area contributed by atoms with Crippen molar-refractivity contribution in [2.45, 2.75) is 25.9 Å². The topological polar surface area (TPSA) is 39.4 Å². The van der Waals surface area contributed by atoms with E-state index in [1.54, 1.807) is 12.1 Å². The summed E-state index contributed by atoms with van der Waals surface area (Å²) >= 11 is 3.19. The highest BCUT2D eigenvalue weighted by molar-refractivity contribution is 9.10. The summed E-state index contributed by atoms with van der Waals surface area (Å²) in [5.41, 5.74) is 0. The van der Waals surface area contributed by atoms with Crippen LogP contribution in [-0.2, 0) is 4.74 Å². The lowest BCUT2D eigenvalue weighted by molar-refractivity contribution is 0.0667. The minimum absolute atomic E-state index is 0.0342. The van der Waals surface area contributed by atoms with E-state index in [1.165, 1.54) is 0 Å². The van der Waals surface area contributed by atoms with Crippen LogP contribution in [0.3, 0.4) is 0 Å². The number of carbonyl (C=O) groups excluding carboxylic acids is 1. The molecule has 1 aromatic rings. The molecule has 1 aromatic heterocycles. The van der Waals surface area contributed by atoms with Crippen molar-refractivity contribution in [2.24, 2.45) is 5.92 Å². The highest BCUT2D eigenvalue weighted by Crippen LogP contribution is 2.28. The third-order valence-electron chi connectivity index (χ3n) is 2.76. The average molecular weight is 273 g/mol. The van der Waals surface area contributed by atoms with Crippen LogP contribution in [-0.4, -0.2) is 18.5 Å². The molecular weight excluding hydrogens is 260 g/mol. The van der Waals surface area contributed by atoms with Crippen molar-refractivity contribution < 1.29 is 13.9 Å². The summed E-state index contributed by atoms with van der Waals surface area (Å²) in [6.45, 7) is 2.71. The number of hydrogen-bond acceptors (Lipinski definition) is 3. The zero-order valence-corrected chi connectivity index (χ0v) is 10.1. The third-order valence-corrected chi connectivity index (χ3v) is 3.19. The summed E-state index contributed by atoms with van der Waals surface area (Å²) in [7, 11) is 0. The minimum atomic E-state index is -0.0342. The van der Waals surface area contributed by atoms with Crippen LogP contribution in [0.2, 0.25) is 0 Å². The number of carbonyl (C=O) groups is 1. The molecule has 1 saturated heterocycles. The first-order chi connectivity index (χ1) is 7.22. The monoisotopic (exact) mass is 272 g/mol. The summed E-state index contributed by atoms with van der Waals surface area (Å²) in [5.74, 6) is 0.453. The maximum absolute atomic E-state index is 12.0. The van der Waals surface area contributed by atoms with Gasteiger partial charge in [-0.3, -0.25) is 4.79 Å². The van der Waals surface area contributed by atoms with Crippen molar-refractivity contribution in [1.82, 2.24) is 0 Å². The number of rotatable bonds is 3. The summed E-state index contributed by atoms with van der Waals surface area (Å²) in [4.78, 5) is 12.0. The van der Waals surface area contributed by atoms with Gasteiger partial charge in [-0.25, -0.2) is 0 Å². The number of ketones is 1. The Balaban J connectivity index is 2.13. The Morgan fingerprint density at radius 2 is 2.40 bits per heavy atom. The fourth-order valence-electron chi connectivity index (χ4n) is 1.98. The highest BCUT2D eigenvalue weighted by Gasteiger charge is 2.34. The maximum atomic E-state index is 12.0. The zero-order valence-electron chi connectivity index (χ0n) is 8.53. The summed E-state index contributed by atoms with van der Waals surface area (Å²) < 4.78 is 11.3. The van der Waals surface area contributed by atoms with Crippen LogP contribution in [0.4, 0.5) is 0 Å². The second-order valence-corrected chi connectivity index (χ2v) is 4.46. The first-order valence-corrected chi connectivity index (χ1v) is 5.93. The SMILES string of the molecule is CCC1OCCC1C(=O)c1ccc(Br)o1. The van der Waals surface area contributed by atoms with Crippen molar-refractivity contribution in [3.63, 3.8) is 0 Å². The van der Waals surface area contributed by atoms with Gasteiger partial charge in [-0.05, 0) is 40.9 Å². The van der Waals surface area contributed by atoms with Crippen molar-refractivity contribution in [2.75, 3.05) is 6.61 Å². The maximum Gasteiger partial charge on any atom is 0.203 e. The first kappa shape index (κ1) is 10.9. The molecule has 3 nitrogen and oxygen atoms in total.